The average molecular weight is 474 g/mol. The van der Waals surface area contributed by atoms with Crippen LogP contribution in [0.3, 0.4) is 0 Å². The van der Waals surface area contributed by atoms with Crippen molar-refractivity contribution in [1.82, 2.24) is 9.97 Å². The number of thioether (sulfide) groups is 1. The molecule has 1 unspecified atom stereocenters. The van der Waals surface area contributed by atoms with Crippen molar-refractivity contribution in [3.05, 3.63) is 53.9 Å². The maximum atomic E-state index is 12.9. The highest BCUT2D eigenvalue weighted by molar-refractivity contribution is 8.00. The second-order valence-corrected chi connectivity index (χ2v) is 8.39. The van der Waals surface area contributed by atoms with Crippen molar-refractivity contribution in [1.29, 1.82) is 0 Å². The van der Waals surface area contributed by atoms with Gasteiger partial charge in [0.15, 0.2) is 16.7 Å². The highest BCUT2D eigenvalue weighted by Gasteiger charge is 2.23. The van der Waals surface area contributed by atoms with E-state index in [1.807, 2.05) is 12.1 Å². The second kappa shape index (κ2) is 9.46. The third-order valence-electron chi connectivity index (χ3n) is 4.59. The van der Waals surface area contributed by atoms with E-state index in [1.54, 1.807) is 43.7 Å². The van der Waals surface area contributed by atoms with Gasteiger partial charge >= 0.3 is 0 Å². The lowest BCUT2D eigenvalue weighted by Crippen LogP contribution is -2.22. The number of nitrogens with zero attached hydrogens (tertiary/aromatic N) is 1. The summed E-state index contributed by atoms with van der Waals surface area (Å²) >= 11 is 7.46. The Bertz CT molecular complexity index is 1150. The van der Waals surface area contributed by atoms with Gasteiger partial charge in [-0.15, -0.1) is 0 Å². The summed E-state index contributed by atoms with van der Waals surface area (Å²) in [6.45, 7) is 1.78. The van der Waals surface area contributed by atoms with Crippen LogP contribution in [0.4, 0.5) is 5.69 Å². The number of amides is 1. The quantitative estimate of drug-likeness (QED) is 0.315. The fraction of sp³-hybridized carbons (Fsp3) is 0.182. The number of nitrogens with one attached hydrogen (secondary N) is 2. The third kappa shape index (κ3) is 4.49. The molecule has 0 aliphatic heterocycles. The number of ether oxygens (including phenoxy) is 2. The van der Waals surface area contributed by atoms with Gasteiger partial charge in [0, 0.05) is 6.07 Å². The van der Waals surface area contributed by atoms with Crippen molar-refractivity contribution in [2.45, 2.75) is 17.3 Å². The van der Waals surface area contributed by atoms with Crippen LogP contribution < -0.4 is 14.8 Å². The number of carbonyl (C=O) groups is 1. The number of aromatic amines is 1. The summed E-state index contributed by atoms with van der Waals surface area (Å²) < 4.78 is 21.6. The summed E-state index contributed by atoms with van der Waals surface area (Å²) in [5.41, 5.74) is 1.72. The van der Waals surface area contributed by atoms with Gasteiger partial charge in [0.05, 0.1) is 42.7 Å². The summed E-state index contributed by atoms with van der Waals surface area (Å²) in [6.07, 6.45) is 3.16. The molecule has 0 saturated heterocycles. The zero-order chi connectivity index (χ0) is 22.7. The summed E-state index contributed by atoms with van der Waals surface area (Å²) in [5, 5.41) is 3.27. The number of benzene rings is 1. The van der Waals surface area contributed by atoms with Gasteiger partial charge in [-0.3, -0.25) is 4.79 Å². The minimum absolute atomic E-state index is 0.245. The Balaban J connectivity index is 1.54. The summed E-state index contributed by atoms with van der Waals surface area (Å²) in [7, 11) is 3.01. The molecular weight excluding hydrogens is 454 g/mol. The molecule has 1 amide bonds. The van der Waals surface area contributed by atoms with Gasteiger partial charge in [0.25, 0.3) is 0 Å². The van der Waals surface area contributed by atoms with Crippen molar-refractivity contribution < 1.29 is 23.1 Å². The molecule has 3 heterocycles. The Morgan fingerprint density at radius 3 is 2.44 bits per heavy atom. The molecule has 0 saturated carbocycles. The van der Waals surface area contributed by atoms with Crippen LogP contribution in [0.1, 0.15) is 6.92 Å². The number of rotatable bonds is 8. The topological polar surface area (TPSA) is 103 Å². The molecule has 0 bridgehead atoms. The highest BCUT2D eigenvalue weighted by atomic mass is 35.5. The minimum Gasteiger partial charge on any atom is -0.495 e. The smallest absolute Gasteiger partial charge is 0.237 e. The van der Waals surface area contributed by atoms with E-state index in [0.29, 0.717) is 50.3 Å². The lowest BCUT2D eigenvalue weighted by molar-refractivity contribution is -0.115. The van der Waals surface area contributed by atoms with Crippen molar-refractivity contribution in [2.24, 2.45) is 0 Å². The monoisotopic (exact) mass is 473 g/mol. The van der Waals surface area contributed by atoms with Crippen molar-refractivity contribution in [3.8, 4) is 34.4 Å². The van der Waals surface area contributed by atoms with E-state index in [-0.39, 0.29) is 5.91 Å². The number of anilines is 1. The molecule has 10 heteroatoms. The van der Waals surface area contributed by atoms with Gasteiger partial charge in [-0.25, -0.2) is 4.98 Å². The molecule has 32 heavy (non-hydrogen) atoms. The molecule has 0 spiro atoms. The van der Waals surface area contributed by atoms with Crippen LogP contribution in [0.5, 0.6) is 11.5 Å². The van der Waals surface area contributed by atoms with Crippen molar-refractivity contribution in [3.63, 3.8) is 0 Å². The lowest BCUT2D eigenvalue weighted by atomic mass is 10.2. The van der Waals surface area contributed by atoms with E-state index >= 15 is 0 Å². The van der Waals surface area contributed by atoms with Crippen molar-refractivity contribution >= 4 is 35.0 Å². The van der Waals surface area contributed by atoms with E-state index in [0.717, 1.165) is 0 Å². The number of H-pyrrole nitrogens is 1. The molecule has 2 N–H and O–H groups in total. The number of carbonyl (C=O) groups excluding carboxylic acids is 1. The largest absolute Gasteiger partial charge is 0.495 e. The van der Waals surface area contributed by atoms with Gasteiger partial charge in [-0.05, 0) is 37.3 Å². The van der Waals surface area contributed by atoms with E-state index in [1.165, 1.54) is 26.0 Å². The first-order valence-corrected chi connectivity index (χ1v) is 10.8. The Hall–Kier alpha value is -3.30. The Labute approximate surface area is 193 Å². The molecular formula is C22H20ClN3O5S. The molecule has 0 radical (unpaired) electrons. The molecule has 0 fully saturated rings. The van der Waals surface area contributed by atoms with Crippen LogP contribution in [0.25, 0.3) is 22.9 Å². The third-order valence-corrected chi connectivity index (χ3v) is 5.87. The molecule has 0 aliphatic carbocycles. The molecule has 3 aromatic heterocycles. The number of furan rings is 2. The number of aromatic nitrogens is 2. The van der Waals surface area contributed by atoms with Gasteiger partial charge in [-0.2, -0.15) is 0 Å². The van der Waals surface area contributed by atoms with Crippen molar-refractivity contribution in [2.75, 3.05) is 19.5 Å². The molecule has 166 valence electrons. The molecule has 8 nitrogen and oxygen atoms in total. The maximum Gasteiger partial charge on any atom is 0.237 e. The second-order valence-electron chi connectivity index (χ2n) is 6.66. The number of halogens is 1. The Kier molecular flexibility index (Phi) is 6.48. The van der Waals surface area contributed by atoms with Gasteiger partial charge in [0.2, 0.25) is 5.91 Å². The van der Waals surface area contributed by atoms with E-state index in [2.05, 4.69) is 15.3 Å². The molecule has 1 aromatic carbocycles. The van der Waals surface area contributed by atoms with E-state index in [4.69, 9.17) is 29.9 Å². The van der Waals surface area contributed by atoms with Crippen LogP contribution in [0, 0.1) is 0 Å². The first-order chi connectivity index (χ1) is 15.5. The number of methoxy groups -OCH3 is 2. The fourth-order valence-electron chi connectivity index (χ4n) is 3.01. The predicted molar refractivity (Wildman–Crippen MR) is 122 cm³/mol. The van der Waals surface area contributed by atoms with Crippen LogP contribution in [-0.4, -0.2) is 35.3 Å². The standard InChI is InChI=1S/C22H20ClN3O5S/c1-12(21(27)24-14-10-13(23)17(28-2)11-18(14)29-3)32-22-25-19(15-6-4-8-30-15)20(26-22)16-7-5-9-31-16/h4-12H,1-3H3,(H,24,27)(H,25,26). The van der Waals surface area contributed by atoms with Gasteiger partial charge in [-0.1, -0.05) is 23.4 Å². The first-order valence-electron chi connectivity index (χ1n) is 9.57. The summed E-state index contributed by atoms with van der Waals surface area (Å²) in [5.74, 6) is 1.86. The minimum atomic E-state index is -0.486. The summed E-state index contributed by atoms with van der Waals surface area (Å²) in [6, 6.07) is 10.4. The predicted octanol–water partition coefficient (Wildman–Crippen LogP) is 5.72. The SMILES string of the molecule is COc1cc(OC)c(NC(=O)C(C)Sc2nc(-c3ccco3)c(-c3ccco3)[nH]2)cc1Cl. The molecule has 1 atom stereocenters. The Morgan fingerprint density at radius 1 is 1.12 bits per heavy atom. The highest BCUT2D eigenvalue weighted by Crippen LogP contribution is 2.37. The normalized spacial score (nSPS) is 11.9. The number of imidazole rings is 1. The fourth-order valence-corrected chi connectivity index (χ4v) is 4.06. The van der Waals surface area contributed by atoms with Crippen LogP contribution in [-0.2, 0) is 4.79 Å². The number of hydrogen-bond donors (Lipinski definition) is 2. The zero-order valence-electron chi connectivity index (χ0n) is 17.5. The van der Waals surface area contributed by atoms with Crippen LogP contribution in [0.2, 0.25) is 5.02 Å². The maximum absolute atomic E-state index is 12.9. The van der Waals surface area contributed by atoms with E-state index in [9.17, 15) is 4.79 Å². The zero-order valence-corrected chi connectivity index (χ0v) is 19.0. The molecule has 4 aromatic rings. The number of hydrogen-bond acceptors (Lipinski definition) is 7. The Morgan fingerprint density at radius 2 is 1.81 bits per heavy atom. The average Bonchev–Trinajstić information content (AvgIpc) is 3.54. The van der Waals surface area contributed by atoms with E-state index < -0.39 is 5.25 Å². The van der Waals surface area contributed by atoms with Crippen LogP contribution >= 0.6 is 23.4 Å². The van der Waals surface area contributed by atoms with Crippen LogP contribution in [0.15, 0.2) is 62.9 Å². The first kappa shape index (κ1) is 21.9. The lowest BCUT2D eigenvalue weighted by Gasteiger charge is -2.15. The molecule has 4 rings (SSSR count). The molecule has 0 aliphatic rings. The van der Waals surface area contributed by atoms with Gasteiger partial charge < -0.3 is 28.6 Å². The summed E-state index contributed by atoms with van der Waals surface area (Å²) in [4.78, 5) is 20.7. The van der Waals surface area contributed by atoms with Gasteiger partial charge in [0.1, 0.15) is 22.9 Å².